The lowest BCUT2D eigenvalue weighted by atomic mass is 10.1. The molecule has 0 aliphatic rings. The zero-order chi connectivity index (χ0) is 10.2. The molecule has 0 aromatic heterocycles. The summed E-state index contributed by atoms with van der Waals surface area (Å²) in [4.78, 5) is 10.3. The fraction of sp³-hybridized carbons (Fsp3) is 0.462. The van der Waals surface area contributed by atoms with Gasteiger partial charge in [0.2, 0.25) is 6.29 Å². The lowest BCUT2D eigenvalue weighted by Crippen LogP contribution is -1.87. The molecule has 1 rings (SSSR count). The first-order valence-corrected chi connectivity index (χ1v) is 5.34. The van der Waals surface area contributed by atoms with Crippen LogP contribution in [0.2, 0.25) is 0 Å². The molecule has 0 unspecified atom stereocenters. The fourth-order valence-electron chi connectivity index (χ4n) is 1.50. The minimum Gasteiger partial charge on any atom is -0.285 e. The Labute approximate surface area is 86.1 Å². The zero-order valence-electron chi connectivity index (χ0n) is 8.75. The molecule has 0 aliphatic carbocycles. The molecule has 14 heavy (non-hydrogen) atoms. The lowest BCUT2D eigenvalue weighted by molar-refractivity contribution is 0.562. The van der Waals surface area contributed by atoms with E-state index >= 15 is 0 Å². The molecule has 0 bridgehead atoms. The highest BCUT2D eigenvalue weighted by atomic mass is 16.1. The van der Waals surface area contributed by atoms with Gasteiger partial charge in [-0.1, -0.05) is 50.5 Å². The van der Waals surface area contributed by atoms with Gasteiger partial charge in [-0.3, -0.25) is 4.79 Å². The Hall–Kier alpha value is -1.11. The van der Waals surface area contributed by atoms with Gasteiger partial charge in [0.1, 0.15) is 0 Å². The third-order valence-corrected chi connectivity index (χ3v) is 2.39. The molecule has 0 saturated heterocycles. The monoisotopic (exact) mass is 189 g/mol. The lowest BCUT2D eigenvalue weighted by Gasteiger charge is -2.00. The van der Waals surface area contributed by atoms with Crippen LogP contribution in [-0.2, 0) is 11.2 Å². The summed E-state index contributed by atoms with van der Waals surface area (Å²) in [6.45, 7) is 2.22. The van der Waals surface area contributed by atoms with Gasteiger partial charge < -0.3 is 0 Å². The average Bonchev–Trinajstić information content (AvgIpc) is 2.25. The summed E-state index contributed by atoms with van der Waals surface area (Å²) in [5.41, 5.74) is 1.96. The van der Waals surface area contributed by atoms with Gasteiger partial charge in [-0.25, -0.2) is 0 Å². The molecule has 75 valence electrons. The first-order chi connectivity index (χ1) is 6.86. The van der Waals surface area contributed by atoms with Crippen molar-refractivity contribution in [3.63, 3.8) is 0 Å². The molecule has 0 saturated carbocycles. The van der Waals surface area contributed by atoms with Crippen molar-refractivity contribution in [3.05, 3.63) is 35.4 Å². The van der Waals surface area contributed by atoms with E-state index in [1.165, 1.54) is 31.2 Å². The first-order valence-electron chi connectivity index (χ1n) is 5.34. The highest BCUT2D eigenvalue weighted by Crippen LogP contribution is 2.08. The zero-order valence-corrected chi connectivity index (χ0v) is 8.75. The molecule has 1 heteroatoms. The molecule has 0 atom stereocenters. The molecular formula is C13H17O. The van der Waals surface area contributed by atoms with E-state index < -0.39 is 0 Å². The van der Waals surface area contributed by atoms with Crippen molar-refractivity contribution in [1.29, 1.82) is 0 Å². The van der Waals surface area contributed by atoms with Crippen molar-refractivity contribution >= 4 is 6.29 Å². The van der Waals surface area contributed by atoms with Crippen molar-refractivity contribution in [1.82, 2.24) is 0 Å². The standard InChI is InChI=1S/C13H17O/c1-2-3-4-5-6-12-7-9-13(11-14)10-8-12/h7-10H,2-6H2,1H3. The highest BCUT2D eigenvalue weighted by Gasteiger charge is 1.94. The number of hydrogen-bond acceptors (Lipinski definition) is 1. The molecule has 0 spiro atoms. The van der Waals surface area contributed by atoms with Crippen LogP contribution in [0.25, 0.3) is 0 Å². The SMILES string of the molecule is CCCCCCc1ccc([C]=O)cc1. The predicted molar refractivity (Wildman–Crippen MR) is 59.1 cm³/mol. The normalized spacial score (nSPS) is 10.1. The van der Waals surface area contributed by atoms with Crippen molar-refractivity contribution in [2.75, 3.05) is 0 Å². The van der Waals surface area contributed by atoms with Gasteiger partial charge in [0, 0.05) is 5.56 Å². The fourth-order valence-corrected chi connectivity index (χ4v) is 1.50. The van der Waals surface area contributed by atoms with Crippen molar-refractivity contribution in [3.8, 4) is 0 Å². The molecule has 1 radical (unpaired) electrons. The molecule has 0 amide bonds. The molecular weight excluding hydrogens is 172 g/mol. The van der Waals surface area contributed by atoms with Crippen LogP contribution in [-0.4, -0.2) is 6.29 Å². The Morgan fingerprint density at radius 3 is 2.36 bits per heavy atom. The van der Waals surface area contributed by atoms with Crippen LogP contribution >= 0.6 is 0 Å². The molecule has 0 heterocycles. The van der Waals surface area contributed by atoms with Gasteiger partial charge in [-0.15, -0.1) is 0 Å². The Kier molecular flexibility index (Phi) is 4.98. The number of carbonyl (C=O) groups excluding carboxylic acids is 1. The predicted octanol–water partition coefficient (Wildman–Crippen LogP) is 3.27. The molecule has 0 N–H and O–H groups in total. The maximum atomic E-state index is 10.3. The Balaban J connectivity index is 2.32. The maximum absolute atomic E-state index is 10.3. The number of unbranched alkanes of at least 4 members (excludes halogenated alkanes) is 3. The highest BCUT2D eigenvalue weighted by molar-refractivity contribution is 5.75. The van der Waals surface area contributed by atoms with Crippen LogP contribution in [0.15, 0.2) is 24.3 Å². The smallest absolute Gasteiger partial charge is 0.233 e. The van der Waals surface area contributed by atoms with Gasteiger partial charge >= 0.3 is 0 Å². The average molecular weight is 189 g/mol. The van der Waals surface area contributed by atoms with Crippen molar-refractivity contribution in [2.45, 2.75) is 39.0 Å². The second-order valence-corrected chi connectivity index (χ2v) is 3.61. The van der Waals surface area contributed by atoms with E-state index in [1.54, 1.807) is 0 Å². The molecule has 1 aromatic carbocycles. The number of hydrogen-bond donors (Lipinski definition) is 0. The Bertz CT molecular complexity index is 261. The quantitative estimate of drug-likeness (QED) is 0.628. The van der Waals surface area contributed by atoms with E-state index in [4.69, 9.17) is 0 Å². The Morgan fingerprint density at radius 2 is 1.79 bits per heavy atom. The number of benzene rings is 1. The second kappa shape index (κ2) is 6.36. The van der Waals surface area contributed by atoms with Gasteiger partial charge in [0.05, 0.1) is 0 Å². The third-order valence-electron chi connectivity index (χ3n) is 2.39. The molecule has 0 fully saturated rings. The molecule has 0 aliphatic heterocycles. The van der Waals surface area contributed by atoms with Crippen LogP contribution in [0.3, 0.4) is 0 Å². The van der Waals surface area contributed by atoms with Crippen LogP contribution in [0.1, 0.15) is 43.7 Å². The van der Waals surface area contributed by atoms with E-state index in [0.29, 0.717) is 5.56 Å². The van der Waals surface area contributed by atoms with Crippen LogP contribution in [0, 0.1) is 0 Å². The van der Waals surface area contributed by atoms with Crippen molar-refractivity contribution < 1.29 is 4.79 Å². The molecule has 1 aromatic rings. The first kappa shape index (κ1) is 11.0. The minimum atomic E-state index is 0.641. The number of rotatable bonds is 6. The van der Waals surface area contributed by atoms with Crippen LogP contribution in [0.5, 0.6) is 0 Å². The van der Waals surface area contributed by atoms with E-state index in [-0.39, 0.29) is 0 Å². The van der Waals surface area contributed by atoms with Gasteiger partial charge in [0.15, 0.2) is 0 Å². The summed E-state index contributed by atoms with van der Waals surface area (Å²) in [6, 6.07) is 7.71. The number of aryl methyl sites for hydroxylation is 1. The second-order valence-electron chi connectivity index (χ2n) is 3.61. The van der Waals surface area contributed by atoms with Crippen molar-refractivity contribution in [2.24, 2.45) is 0 Å². The van der Waals surface area contributed by atoms with Crippen LogP contribution < -0.4 is 0 Å². The van der Waals surface area contributed by atoms with E-state index in [0.717, 1.165) is 6.42 Å². The van der Waals surface area contributed by atoms with Crippen LogP contribution in [0.4, 0.5) is 0 Å². The summed E-state index contributed by atoms with van der Waals surface area (Å²) >= 11 is 0. The molecule has 1 nitrogen and oxygen atoms in total. The minimum absolute atomic E-state index is 0.641. The van der Waals surface area contributed by atoms with E-state index in [1.807, 2.05) is 30.6 Å². The summed E-state index contributed by atoms with van der Waals surface area (Å²) in [7, 11) is 0. The van der Waals surface area contributed by atoms with Gasteiger partial charge in [-0.2, -0.15) is 0 Å². The summed E-state index contributed by atoms with van der Waals surface area (Å²) in [6.07, 6.45) is 8.15. The van der Waals surface area contributed by atoms with Gasteiger partial charge in [0.25, 0.3) is 0 Å². The topological polar surface area (TPSA) is 17.1 Å². The summed E-state index contributed by atoms with van der Waals surface area (Å²) in [5.74, 6) is 0. The van der Waals surface area contributed by atoms with E-state index in [9.17, 15) is 4.79 Å². The van der Waals surface area contributed by atoms with Gasteiger partial charge in [-0.05, 0) is 18.4 Å². The summed E-state index contributed by atoms with van der Waals surface area (Å²) in [5, 5.41) is 0. The third kappa shape index (κ3) is 3.73. The largest absolute Gasteiger partial charge is 0.285 e. The van der Waals surface area contributed by atoms with E-state index in [2.05, 4.69) is 6.92 Å². The Morgan fingerprint density at radius 1 is 1.07 bits per heavy atom. The summed E-state index contributed by atoms with van der Waals surface area (Å²) < 4.78 is 0. The maximum Gasteiger partial charge on any atom is 0.233 e.